The van der Waals surface area contributed by atoms with Crippen LogP contribution < -0.4 is 0 Å². The molecule has 0 aliphatic heterocycles. The van der Waals surface area contributed by atoms with E-state index in [1.165, 1.54) is 5.56 Å². The Bertz CT molecular complexity index is 575. The van der Waals surface area contributed by atoms with Gasteiger partial charge in [-0.05, 0) is 58.7 Å². The Labute approximate surface area is 106 Å². The minimum atomic E-state index is 1.15. The Hall–Kier alpha value is -2.48. The Kier molecular flexibility index (Phi) is 2.84. The fraction of sp³-hybridized carbons (Fsp3) is 0. The van der Waals surface area contributed by atoms with Crippen molar-refractivity contribution in [1.82, 2.24) is 9.97 Å². The zero-order chi connectivity index (χ0) is 12.2. The van der Waals surface area contributed by atoms with Gasteiger partial charge >= 0.3 is 0 Å². The van der Waals surface area contributed by atoms with Crippen LogP contribution in [-0.4, -0.2) is 9.97 Å². The summed E-state index contributed by atoms with van der Waals surface area (Å²) in [5.74, 6) is 0. The maximum Gasteiger partial charge on any atom is 0.0273 e. The highest BCUT2D eigenvalue weighted by atomic mass is 14.6. The van der Waals surface area contributed by atoms with E-state index in [1.54, 1.807) is 12.4 Å². The zero-order valence-electron chi connectivity index (χ0n) is 9.75. The van der Waals surface area contributed by atoms with Crippen molar-refractivity contribution in [2.24, 2.45) is 0 Å². The summed E-state index contributed by atoms with van der Waals surface area (Å²) in [5.41, 5.74) is 4.65. The minimum Gasteiger partial charge on any atom is -0.265 e. The first-order valence-electron chi connectivity index (χ1n) is 5.76. The molecule has 18 heavy (non-hydrogen) atoms. The third kappa shape index (κ3) is 2.00. The van der Waals surface area contributed by atoms with Crippen molar-refractivity contribution in [3.63, 3.8) is 0 Å². The van der Waals surface area contributed by atoms with Gasteiger partial charge in [0.15, 0.2) is 0 Å². The number of rotatable bonds is 2. The van der Waals surface area contributed by atoms with Crippen LogP contribution in [0.25, 0.3) is 22.3 Å². The summed E-state index contributed by atoms with van der Waals surface area (Å²) in [7, 11) is 0. The van der Waals surface area contributed by atoms with Crippen LogP contribution in [0.15, 0.2) is 67.3 Å². The van der Waals surface area contributed by atoms with Gasteiger partial charge in [0, 0.05) is 24.8 Å². The molecule has 0 fully saturated rings. The molecule has 0 aliphatic rings. The van der Waals surface area contributed by atoms with Crippen molar-refractivity contribution in [1.29, 1.82) is 0 Å². The van der Waals surface area contributed by atoms with Crippen LogP contribution in [0.4, 0.5) is 0 Å². The predicted molar refractivity (Wildman–Crippen MR) is 71.7 cm³/mol. The van der Waals surface area contributed by atoms with Crippen LogP contribution in [0.3, 0.4) is 0 Å². The molecule has 2 heteroatoms. The van der Waals surface area contributed by atoms with Crippen molar-refractivity contribution >= 4 is 0 Å². The summed E-state index contributed by atoms with van der Waals surface area (Å²) in [6.07, 6.45) is 7.22. The lowest BCUT2D eigenvalue weighted by atomic mass is 9.96. The predicted octanol–water partition coefficient (Wildman–Crippen LogP) is 3.61. The highest BCUT2D eigenvalue weighted by Crippen LogP contribution is 2.30. The Balaban J connectivity index is 2.18. The molecule has 0 atom stereocenters. The Morgan fingerprint density at radius 2 is 1.22 bits per heavy atom. The summed E-state index contributed by atoms with van der Waals surface area (Å²) in [6.45, 7) is 0. The van der Waals surface area contributed by atoms with E-state index < -0.39 is 0 Å². The summed E-state index contributed by atoms with van der Waals surface area (Å²) in [5, 5.41) is 0. The third-order valence-corrected chi connectivity index (χ3v) is 2.85. The smallest absolute Gasteiger partial charge is 0.0273 e. The van der Waals surface area contributed by atoms with Crippen LogP contribution in [0, 0.1) is 6.07 Å². The normalized spacial score (nSPS) is 10.2. The molecule has 3 rings (SSSR count). The van der Waals surface area contributed by atoms with E-state index in [9.17, 15) is 0 Å². The largest absolute Gasteiger partial charge is 0.265 e. The third-order valence-electron chi connectivity index (χ3n) is 2.85. The molecule has 0 aliphatic carbocycles. The van der Waals surface area contributed by atoms with Crippen molar-refractivity contribution in [2.75, 3.05) is 0 Å². The summed E-state index contributed by atoms with van der Waals surface area (Å²) in [4.78, 5) is 8.11. The lowest BCUT2D eigenvalue weighted by molar-refractivity contribution is 1.32. The van der Waals surface area contributed by atoms with E-state index >= 15 is 0 Å². The molecule has 0 saturated carbocycles. The summed E-state index contributed by atoms with van der Waals surface area (Å²) < 4.78 is 0. The average molecular weight is 231 g/mol. The quantitative estimate of drug-likeness (QED) is 0.673. The van der Waals surface area contributed by atoms with Crippen LogP contribution in [-0.2, 0) is 0 Å². The Morgan fingerprint density at radius 3 is 1.83 bits per heavy atom. The molecule has 1 radical (unpaired) electrons. The molecule has 2 aromatic heterocycles. The van der Waals surface area contributed by atoms with E-state index in [-0.39, 0.29) is 0 Å². The first-order valence-corrected chi connectivity index (χ1v) is 5.76. The van der Waals surface area contributed by atoms with Gasteiger partial charge in [0.25, 0.3) is 0 Å². The topological polar surface area (TPSA) is 25.8 Å². The molecule has 0 saturated heterocycles. The summed E-state index contributed by atoms with van der Waals surface area (Å²) in [6, 6.07) is 17.2. The van der Waals surface area contributed by atoms with E-state index in [1.807, 2.05) is 48.8 Å². The highest BCUT2D eigenvalue weighted by Gasteiger charge is 2.05. The van der Waals surface area contributed by atoms with Crippen molar-refractivity contribution in [3.8, 4) is 22.3 Å². The van der Waals surface area contributed by atoms with E-state index in [4.69, 9.17) is 0 Å². The molecule has 2 nitrogen and oxygen atoms in total. The van der Waals surface area contributed by atoms with E-state index in [2.05, 4.69) is 22.1 Å². The van der Waals surface area contributed by atoms with Crippen molar-refractivity contribution in [3.05, 3.63) is 73.3 Å². The Morgan fingerprint density at radius 1 is 0.667 bits per heavy atom. The number of benzene rings is 1. The van der Waals surface area contributed by atoms with Crippen LogP contribution in [0.5, 0.6) is 0 Å². The fourth-order valence-electron chi connectivity index (χ4n) is 1.98. The molecular weight excluding hydrogens is 220 g/mol. The number of hydrogen-bond donors (Lipinski definition) is 0. The van der Waals surface area contributed by atoms with Gasteiger partial charge < -0.3 is 0 Å². The van der Waals surface area contributed by atoms with Gasteiger partial charge in [-0.3, -0.25) is 9.97 Å². The van der Waals surface area contributed by atoms with Gasteiger partial charge in [-0.1, -0.05) is 12.1 Å². The molecule has 2 heterocycles. The standard InChI is InChI=1S/C16H11N2/c1-2-4-16(14-7-11-18-12-8-14)15(3-1)13-5-9-17-10-6-13/h1,3-12H. The average Bonchev–Trinajstić information content (AvgIpc) is 2.49. The lowest BCUT2D eigenvalue weighted by Crippen LogP contribution is -1.85. The van der Waals surface area contributed by atoms with Crippen molar-refractivity contribution < 1.29 is 0 Å². The van der Waals surface area contributed by atoms with Gasteiger partial charge in [-0.15, -0.1) is 0 Å². The second-order valence-corrected chi connectivity index (χ2v) is 3.94. The first kappa shape index (κ1) is 10.7. The van der Waals surface area contributed by atoms with Crippen LogP contribution >= 0.6 is 0 Å². The van der Waals surface area contributed by atoms with Gasteiger partial charge in [-0.25, -0.2) is 0 Å². The summed E-state index contributed by atoms with van der Waals surface area (Å²) >= 11 is 0. The van der Waals surface area contributed by atoms with Crippen LogP contribution in [0.1, 0.15) is 0 Å². The number of hydrogen-bond acceptors (Lipinski definition) is 2. The second-order valence-electron chi connectivity index (χ2n) is 3.94. The highest BCUT2D eigenvalue weighted by molar-refractivity contribution is 5.82. The van der Waals surface area contributed by atoms with Crippen molar-refractivity contribution in [2.45, 2.75) is 0 Å². The lowest BCUT2D eigenvalue weighted by Gasteiger charge is -2.09. The van der Waals surface area contributed by atoms with Gasteiger partial charge in [0.05, 0.1) is 0 Å². The second kappa shape index (κ2) is 4.80. The molecule has 3 aromatic rings. The molecule has 0 amide bonds. The minimum absolute atomic E-state index is 1.15. The maximum absolute atomic E-state index is 4.06. The molecule has 0 bridgehead atoms. The van der Waals surface area contributed by atoms with E-state index in [0.29, 0.717) is 0 Å². The monoisotopic (exact) mass is 231 g/mol. The zero-order valence-corrected chi connectivity index (χ0v) is 9.75. The molecule has 0 N–H and O–H groups in total. The maximum atomic E-state index is 4.06. The number of aromatic nitrogens is 2. The number of nitrogens with zero attached hydrogens (tertiary/aromatic N) is 2. The molecular formula is C16H11N2. The first-order chi connectivity index (χ1) is 8.95. The van der Waals surface area contributed by atoms with Gasteiger partial charge in [0.2, 0.25) is 0 Å². The molecule has 0 unspecified atom stereocenters. The molecule has 1 aromatic carbocycles. The van der Waals surface area contributed by atoms with E-state index in [0.717, 1.165) is 16.7 Å². The van der Waals surface area contributed by atoms with Crippen LogP contribution in [0.2, 0.25) is 0 Å². The number of pyridine rings is 2. The fourth-order valence-corrected chi connectivity index (χ4v) is 1.98. The van der Waals surface area contributed by atoms with Gasteiger partial charge in [-0.2, -0.15) is 0 Å². The SMILES string of the molecule is [c]1ccc(-c2ccncc2)c(-c2ccncc2)c1. The molecule has 85 valence electrons. The van der Waals surface area contributed by atoms with Gasteiger partial charge in [0.1, 0.15) is 0 Å². The molecule has 0 spiro atoms.